The van der Waals surface area contributed by atoms with Crippen molar-refractivity contribution in [2.24, 2.45) is 0 Å². The Kier molecular flexibility index (Phi) is 5.35. The van der Waals surface area contributed by atoms with E-state index in [9.17, 15) is 9.59 Å². The maximum absolute atomic E-state index is 12.6. The van der Waals surface area contributed by atoms with Crippen molar-refractivity contribution in [3.8, 4) is 0 Å². The molecular formula is C19H24N4O4. The fourth-order valence-electron chi connectivity index (χ4n) is 3.56. The number of hydrogen-bond donors (Lipinski definition) is 1. The molecule has 1 N–H and O–H groups in total. The molecule has 0 radical (unpaired) electrons. The number of fused-ring (bicyclic) bond motifs is 1. The lowest BCUT2D eigenvalue weighted by molar-refractivity contribution is -0.142. The number of aromatic nitrogens is 2. The van der Waals surface area contributed by atoms with Crippen LogP contribution in [0.15, 0.2) is 24.4 Å². The average Bonchev–Trinajstić information content (AvgIpc) is 3.16. The number of benzene rings is 1. The highest BCUT2D eigenvalue weighted by Gasteiger charge is 2.28. The third-order valence-electron chi connectivity index (χ3n) is 5.11. The Morgan fingerprint density at radius 2 is 2.26 bits per heavy atom. The monoisotopic (exact) mass is 372 g/mol. The molecule has 2 aliphatic rings. The van der Waals surface area contributed by atoms with Crippen molar-refractivity contribution in [2.75, 3.05) is 44.4 Å². The number of carbonyl (C=O) groups excluding carboxylic acids is 2. The van der Waals surface area contributed by atoms with Crippen molar-refractivity contribution in [3.05, 3.63) is 24.4 Å². The molecule has 3 heterocycles. The Morgan fingerprint density at radius 1 is 1.33 bits per heavy atom. The molecule has 2 saturated heterocycles. The van der Waals surface area contributed by atoms with E-state index in [1.165, 1.54) is 0 Å². The molecule has 144 valence electrons. The minimum atomic E-state index is -0.149. The molecule has 27 heavy (non-hydrogen) atoms. The smallest absolute Gasteiger partial charge is 0.249 e. The van der Waals surface area contributed by atoms with Crippen LogP contribution in [0, 0.1) is 0 Å². The van der Waals surface area contributed by atoms with Gasteiger partial charge < -0.3 is 19.3 Å². The third-order valence-corrected chi connectivity index (χ3v) is 5.11. The van der Waals surface area contributed by atoms with E-state index in [1.807, 2.05) is 18.2 Å². The summed E-state index contributed by atoms with van der Waals surface area (Å²) in [6.45, 7) is 2.24. The number of H-pyrrole nitrogens is 1. The summed E-state index contributed by atoms with van der Waals surface area (Å²) >= 11 is 0. The highest BCUT2D eigenvalue weighted by Crippen LogP contribution is 2.22. The summed E-state index contributed by atoms with van der Waals surface area (Å²) < 4.78 is 11.1. The van der Waals surface area contributed by atoms with Crippen LogP contribution in [0.25, 0.3) is 10.9 Å². The number of ether oxygens (including phenoxy) is 2. The van der Waals surface area contributed by atoms with E-state index in [0.717, 1.165) is 42.5 Å². The summed E-state index contributed by atoms with van der Waals surface area (Å²) in [6.07, 6.45) is 5.03. The predicted octanol–water partition coefficient (Wildman–Crippen LogP) is 1.32. The van der Waals surface area contributed by atoms with Crippen LogP contribution in [0.1, 0.15) is 19.3 Å². The molecule has 4 rings (SSSR count). The van der Waals surface area contributed by atoms with Crippen LogP contribution in [0.4, 0.5) is 5.69 Å². The molecule has 2 aliphatic heterocycles. The molecule has 0 unspecified atom stereocenters. The summed E-state index contributed by atoms with van der Waals surface area (Å²) in [5.41, 5.74) is 1.76. The quantitative estimate of drug-likeness (QED) is 0.855. The van der Waals surface area contributed by atoms with Crippen LogP contribution in [0.2, 0.25) is 0 Å². The Bertz CT molecular complexity index is 815. The lowest BCUT2D eigenvalue weighted by Gasteiger charge is -2.34. The van der Waals surface area contributed by atoms with Crippen molar-refractivity contribution < 1.29 is 19.1 Å². The minimum absolute atomic E-state index is 0.00583. The maximum atomic E-state index is 12.6. The highest BCUT2D eigenvalue weighted by molar-refractivity contribution is 5.99. The summed E-state index contributed by atoms with van der Waals surface area (Å²) in [7, 11) is 0. The van der Waals surface area contributed by atoms with Gasteiger partial charge in [-0.1, -0.05) is 0 Å². The Morgan fingerprint density at radius 3 is 3.07 bits per heavy atom. The SMILES string of the molecule is O=C(COC[C@H]1CCCCO1)N1CCN(c2ccc3[nH]ncc3c2)C(=O)C1. The van der Waals surface area contributed by atoms with Crippen LogP contribution in [-0.2, 0) is 19.1 Å². The maximum Gasteiger partial charge on any atom is 0.249 e. The fourth-order valence-corrected chi connectivity index (χ4v) is 3.56. The zero-order valence-corrected chi connectivity index (χ0v) is 15.2. The lowest BCUT2D eigenvalue weighted by Crippen LogP contribution is -2.53. The minimum Gasteiger partial charge on any atom is -0.376 e. The second-order valence-corrected chi connectivity index (χ2v) is 7.01. The van der Waals surface area contributed by atoms with Crippen molar-refractivity contribution in [2.45, 2.75) is 25.4 Å². The van der Waals surface area contributed by atoms with E-state index in [0.29, 0.717) is 19.7 Å². The van der Waals surface area contributed by atoms with Crippen LogP contribution >= 0.6 is 0 Å². The molecule has 0 aliphatic carbocycles. The van der Waals surface area contributed by atoms with Crippen molar-refractivity contribution >= 4 is 28.4 Å². The second-order valence-electron chi connectivity index (χ2n) is 7.01. The normalized spacial score (nSPS) is 21.0. The van der Waals surface area contributed by atoms with Gasteiger partial charge in [0.05, 0.1) is 24.4 Å². The molecule has 8 heteroatoms. The van der Waals surface area contributed by atoms with Gasteiger partial charge in [0.25, 0.3) is 0 Å². The van der Waals surface area contributed by atoms with Gasteiger partial charge >= 0.3 is 0 Å². The van der Waals surface area contributed by atoms with Gasteiger partial charge in [0.1, 0.15) is 13.2 Å². The van der Waals surface area contributed by atoms with E-state index >= 15 is 0 Å². The molecule has 2 amide bonds. The van der Waals surface area contributed by atoms with Crippen molar-refractivity contribution in [1.29, 1.82) is 0 Å². The molecule has 1 atom stereocenters. The van der Waals surface area contributed by atoms with Crippen LogP contribution in [-0.4, -0.2) is 72.5 Å². The Labute approximate surface area is 157 Å². The first-order valence-corrected chi connectivity index (χ1v) is 9.41. The fraction of sp³-hybridized carbons (Fsp3) is 0.526. The van der Waals surface area contributed by atoms with Gasteiger partial charge in [0.2, 0.25) is 11.8 Å². The van der Waals surface area contributed by atoms with E-state index in [2.05, 4.69) is 10.2 Å². The van der Waals surface area contributed by atoms with E-state index in [4.69, 9.17) is 9.47 Å². The highest BCUT2D eigenvalue weighted by atomic mass is 16.5. The number of aromatic amines is 1. The first-order chi connectivity index (χ1) is 13.2. The summed E-state index contributed by atoms with van der Waals surface area (Å²) in [5, 5.41) is 7.85. The van der Waals surface area contributed by atoms with Crippen LogP contribution in [0.5, 0.6) is 0 Å². The number of anilines is 1. The molecule has 1 aromatic carbocycles. The van der Waals surface area contributed by atoms with Gasteiger partial charge in [-0.2, -0.15) is 5.10 Å². The number of rotatable bonds is 5. The Hall–Kier alpha value is -2.45. The molecule has 8 nitrogen and oxygen atoms in total. The number of nitrogens with zero attached hydrogens (tertiary/aromatic N) is 3. The lowest BCUT2D eigenvalue weighted by atomic mass is 10.1. The van der Waals surface area contributed by atoms with E-state index < -0.39 is 0 Å². The molecular weight excluding hydrogens is 348 g/mol. The van der Waals surface area contributed by atoms with Crippen molar-refractivity contribution in [1.82, 2.24) is 15.1 Å². The number of piperazine rings is 1. The molecule has 0 saturated carbocycles. The summed E-state index contributed by atoms with van der Waals surface area (Å²) in [5.74, 6) is -0.239. The second kappa shape index (κ2) is 8.06. The van der Waals surface area contributed by atoms with Gasteiger partial charge in [0, 0.05) is 30.8 Å². The average molecular weight is 372 g/mol. The molecule has 2 aromatic rings. The first-order valence-electron chi connectivity index (χ1n) is 9.41. The molecule has 0 spiro atoms. The number of amides is 2. The third kappa shape index (κ3) is 4.12. The van der Waals surface area contributed by atoms with Gasteiger partial charge in [-0.3, -0.25) is 14.7 Å². The molecule has 2 fully saturated rings. The van der Waals surface area contributed by atoms with Gasteiger partial charge in [0.15, 0.2) is 0 Å². The number of hydrogen-bond acceptors (Lipinski definition) is 5. The van der Waals surface area contributed by atoms with Gasteiger partial charge in [-0.15, -0.1) is 0 Å². The van der Waals surface area contributed by atoms with Crippen LogP contribution < -0.4 is 4.90 Å². The molecule has 0 bridgehead atoms. The van der Waals surface area contributed by atoms with Crippen molar-refractivity contribution in [3.63, 3.8) is 0 Å². The van der Waals surface area contributed by atoms with Gasteiger partial charge in [-0.05, 0) is 37.5 Å². The largest absolute Gasteiger partial charge is 0.376 e. The summed E-state index contributed by atoms with van der Waals surface area (Å²) in [4.78, 5) is 28.2. The van der Waals surface area contributed by atoms with E-state index in [-0.39, 0.29) is 31.1 Å². The van der Waals surface area contributed by atoms with Gasteiger partial charge in [-0.25, -0.2) is 0 Å². The summed E-state index contributed by atoms with van der Waals surface area (Å²) in [6, 6.07) is 5.73. The number of nitrogens with one attached hydrogen (secondary N) is 1. The zero-order chi connectivity index (χ0) is 18.6. The standard InChI is InChI=1S/C19H24N4O4/c24-18-11-22(19(25)13-26-12-16-3-1-2-8-27-16)6-7-23(18)15-4-5-17-14(9-15)10-20-21-17/h4-5,9-10,16H,1-3,6-8,11-13H2,(H,20,21)/t16-/m1/s1. The van der Waals surface area contributed by atoms with E-state index in [1.54, 1.807) is 16.0 Å². The number of carbonyl (C=O) groups is 2. The topological polar surface area (TPSA) is 87.8 Å². The van der Waals surface area contributed by atoms with Crippen LogP contribution in [0.3, 0.4) is 0 Å². The Balaban J connectivity index is 1.28. The predicted molar refractivity (Wildman–Crippen MR) is 99.4 cm³/mol. The zero-order valence-electron chi connectivity index (χ0n) is 15.2. The molecule has 1 aromatic heterocycles. The first kappa shape index (κ1) is 17.9.